The van der Waals surface area contributed by atoms with Crippen molar-refractivity contribution in [2.45, 2.75) is 51.9 Å². The van der Waals surface area contributed by atoms with Gasteiger partial charge in [-0.1, -0.05) is 26.0 Å². The lowest BCUT2D eigenvalue weighted by molar-refractivity contribution is -0.120. The highest BCUT2D eigenvalue weighted by Gasteiger charge is 2.23. The summed E-state index contributed by atoms with van der Waals surface area (Å²) in [5.41, 5.74) is 0.697. The second-order valence-corrected chi connectivity index (χ2v) is 10.7. The van der Waals surface area contributed by atoms with Crippen molar-refractivity contribution in [3.63, 3.8) is 0 Å². The summed E-state index contributed by atoms with van der Waals surface area (Å²) in [7, 11) is -3.63. The number of hydrogen-bond donors (Lipinski definition) is 1. The van der Waals surface area contributed by atoms with Crippen molar-refractivity contribution in [1.29, 1.82) is 0 Å². The summed E-state index contributed by atoms with van der Waals surface area (Å²) in [4.78, 5) is 19.1. The number of piperidine rings is 1. The van der Waals surface area contributed by atoms with Crippen LogP contribution in [0.3, 0.4) is 0 Å². The van der Waals surface area contributed by atoms with Crippen molar-refractivity contribution in [2.24, 2.45) is 5.92 Å². The molecule has 1 aliphatic heterocycles. The van der Waals surface area contributed by atoms with Gasteiger partial charge in [-0.2, -0.15) is 0 Å². The van der Waals surface area contributed by atoms with Crippen LogP contribution in [0.1, 0.15) is 62.3 Å². The highest BCUT2D eigenvalue weighted by Crippen LogP contribution is 2.30. The number of sulfonamides is 1. The molecule has 0 spiro atoms. The Kier molecular flexibility index (Phi) is 8.22. The number of rotatable bonds is 9. The fourth-order valence-corrected chi connectivity index (χ4v) is 4.61. The van der Waals surface area contributed by atoms with Crippen molar-refractivity contribution in [1.82, 2.24) is 4.98 Å². The van der Waals surface area contributed by atoms with Crippen molar-refractivity contribution in [3.8, 4) is 0 Å². The van der Waals surface area contributed by atoms with Gasteiger partial charge in [0.15, 0.2) is 0 Å². The molecule has 2 aromatic rings. The molecular formula is C24H30F3N3O3S. The molecule has 6 nitrogen and oxygen atoms in total. The van der Waals surface area contributed by atoms with Crippen molar-refractivity contribution < 1.29 is 26.4 Å². The number of pyridine rings is 1. The molecule has 0 aliphatic carbocycles. The summed E-state index contributed by atoms with van der Waals surface area (Å²) in [6, 6.07) is 6.86. The molecule has 1 unspecified atom stereocenters. The van der Waals surface area contributed by atoms with E-state index in [1.807, 2.05) is 4.90 Å². The third kappa shape index (κ3) is 6.71. The topological polar surface area (TPSA) is 79.4 Å². The molecule has 1 atom stereocenters. The maximum absolute atomic E-state index is 14.3. The van der Waals surface area contributed by atoms with E-state index in [0.717, 1.165) is 43.8 Å². The predicted molar refractivity (Wildman–Crippen MR) is 126 cm³/mol. The molecule has 2 heterocycles. The summed E-state index contributed by atoms with van der Waals surface area (Å²) in [6.45, 7) is 5.27. The van der Waals surface area contributed by atoms with Crippen molar-refractivity contribution >= 4 is 27.3 Å². The summed E-state index contributed by atoms with van der Waals surface area (Å²) in [6.07, 6.45) is 0.620. The monoisotopic (exact) mass is 497 g/mol. The number of alkyl halides is 2. The largest absolute Gasteiger partial charge is 0.356 e. The Balaban J connectivity index is 1.73. The Hall–Kier alpha value is -2.62. The van der Waals surface area contributed by atoms with Crippen molar-refractivity contribution in [2.75, 3.05) is 29.0 Å². The van der Waals surface area contributed by atoms with Crippen LogP contribution in [-0.4, -0.2) is 38.5 Å². The van der Waals surface area contributed by atoms with Gasteiger partial charge < -0.3 is 4.90 Å². The number of Topliss-reactive ketones (excluding diaryl/α,β-unsaturated/α-hetero) is 1. The van der Waals surface area contributed by atoms with Gasteiger partial charge >= 0.3 is 0 Å². The molecule has 186 valence electrons. The fraction of sp³-hybridized carbons (Fsp3) is 0.500. The molecule has 0 radical (unpaired) electrons. The number of aryl methyl sites for hydroxylation is 1. The van der Waals surface area contributed by atoms with E-state index in [9.17, 15) is 26.4 Å². The molecule has 10 heteroatoms. The molecule has 1 aromatic heterocycles. The van der Waals surface area contributed by atoms with Gasteiger partial charge in [-0.05, 0) is 54.5 Å². The summed E-state index contributed by atoms with van der Waals surface area (Å²) >= 11 is 0. The zero-order chi connectivity index (χ0) is 25.0. The van der Waals surface area contributed by atoms with E-state index in [4.69, 9.17) is 0 Å². The molecule has 34 heavy (non-hydrogen) atoms. The minimum atomic E-state index is -3.63. The van der Waals surface area contributed by atoms with Gasteiger partial charge in [0, 0.05) is 25.4 Å². The molecule has 1 N–H and O–H groups in total. The average molecular weight is 498 g/mol. The molecule has 0 amide bonds. The SMILES string of the molecule is CC1CCN(c2nc(C(F)F)ccc2CCC(=O)C(C)c2ccc(NS(C)(=O)=O)c(F)c2)CC1. The summed E-state index contributed by atoms with van der Waals surface area (Å²) < 4.78 is 65.6. The van der Waals surface area contributed by atoms with Gasteiger partial charge in [0.1, 0.15) is 23.1 Å². The number of hydrogen-bond acceptors (Lipinski definition) is 5. The second-order valence-electron chi connectivity index (χ2n) is 8.99. The van der Waals surface area contributed by atoms with E-state index in [1.54, 1.807) is 13.0 Å². The molecule has 1 aromatic carbocycles. The van der Waals surface area contributed by atoms with Crippen LogP contribution in [0.5, 0.6) is 0 Å². The van der Waals surface area contributed by atoms with E-state index in [2.05, 4.69) is 16.6 Å². The molecular weight excluding hydrogens is 467 g/mol. The average Bonchev–Trinajstić information content (AvgIpc) is 2.78. The minimum absolute atomic E-state index is 0.138. The Morgan fingerprint density at radius 2 is 1.88 bits per heavy atom. The number of nitrogens with one attached hydrogen (secondary N) is 1. The molecule has 1 aliphatic rings. The van der Waals surface area contributed by atoms with E-state index in [-0.39, 0.29) is 23.6 Å². The lowest BCUT2D eigenvalue weighted by Gasteiger charge is -2.32. The number of benzene rings is 1. The first kappa shape index (κ1) is 26.0. The maximum atomic E-state index is 14.3. The van der Waals surface area contributed by atoms with Crippen LogP contribution >= 0.6 is 0 Å². The minimum Gasteiger partial charge on any atom is -0.356 e. The first-order valence-corrected chi connectivity index (χ1v) is 13.2. The molecule has 1 saturated heterocycles. The summed E-state index contributed by atoms with van der Waals surface area (Å²) in [5, 5.41) is 0. The van der Waals surface area contributed by atoms with Gasteiger partial charge in [-0.3, -0.25) is 9.52 Å². The standard InChI is InChI=1S/C24H30F3N3O3S/c1-15-10-12-30(13-11-15)24-17(4-8-21(28-24)23(26)27)6-9-22(31)16(2)18-5-7-20(19(25)14-18)29-34(3,32)33/h4-5,7-8,14-16,23,29H,6,9-13H2,1-3H3. The fourth-order valence-electron chi connectivity index (χ4n) is 4.05. The molecule has 1 fully saturated rings. The Bertz CT molecular complexity index is 1130. The molecule has 3 rings (SSSR count). The number of halogens is 3. The lowest BCUT2D eigenvalue weighted by Crippen LogP contribution is -2.34. The first-order valence-electron chi connectivity index (χ1n) is 11.3. The van der Waals surface area contributed by atoms with Gasteiger partial charge in [0.25, 0.3) is 6.43 Å². The van der Waals surface area contributed by atoms with Gasteiger partial charge in [0.2, 0.25) is 10.0 Å². The number of nitrogens with zero attached hydrogens (tertiary/aromatic N) is 2. The van der Waals surface area contributed by atoms with Crippen LogP contribution < -0.4 is 9.62 Å². The summed E-state index contributed by atoms with van der Waals surface area (Å²) in [5.74, 6) is -0.447. The Morgan fingerprint density at radius 3 is 2.47 bits per heavy atom. The van der Waals surface area contributed by atoms with E-state index in [0.29, 0.717) is 23.7 Å². The highest BCUT2D eigenvalue weighted by molar-refractivity contribution is 7.92. The normalized spacial score (nSPS) is 16.0. The van der Waals surface area contributed by atoms with Crippen LogP contribution in [0, 0.1) is 11.7 Å². The number of ketones is 1. The number of carbonyl (C=O) groups excluding carboxylic acids is 1. The number of anilines is 2. The third-order valence-electron chi connectivity index (χ3n) is 6.20. The van der Waals surface area contributed by atoms with Gasteiger partial charge in [-0.15, -0.1) is 0 Å². The number of carbonyl (C=O) groups is 1. The van der Waals surface area contributed by atoms with E-state index < -0.39 is 28.2 Å². The third-order valence-corrected chi connectivity index (χ3v) is 6.79. The van der Waals surface area contributed by atoms with Crippen LogP contribution in [0.15, 0.2) is 30.3 Å². The predicted octanol–water partition coefficient (Wildman–Crippen LogP) is 5.07. The van der Waals surface area contributed by atoms with E-state index in [1.165, 1.54) is 18.2 Å². The number of aromatic nitrogens is 1. The van der Waals surface area contributed by atoms with Crippen molar-refractivity contribution in [3.05, 3.63) is 53.0 Å². The quantitative estimate of drug-likeness (QED) is 0.523. The van der Waals surface area contributed by atoms with Crippen LogP contribution in [-0.2, 0) is 21.2 Å². The van der Waals surface area contributed by atoms with Crippen LogP contribution in [0.2, 0.25) is 0 Å². The highest BCUT2D eigenvalue weighted by atomic mass is 32.2. The smallest absolute Gasteiger partial charge is 0.280 e. The van der Waals surface area contributed by atoms with Crippen LogP contribution in [0.25, 0.3) is 0 Å². The zero-order valence-corrected chi connectivity index (χ0v) is 20.3. The van der Waals surface area contributed by atoms with E-state index >= 15 is 0 Å². The lowest BCUT2D eigenvalue weighted by atomic mass is 9.92. The Labute approximate surface area is 198 Å². The Morgan fingerprint density at radius 1 is 1.21 bits per heavy atom. The van der Waals surface area contributed by atoms with Gasteiger partial charge in [-0.25, -0.2) is 26.6 Å². The second kappa shape index (κ2) is 10.8. The first-order chi connectivity index (χ1) is 15.9. The molecule has 0 bridgehead atoms. The van der Waals surface area contributed by atoms with Gasteiger partial charge in [0.05, 0.1) is 11.9 Å². The molecule has 0 saturated carbocycles. The zero-order valence-electron chi connectivity index (χ0n) is 19.5. The van der Waals surface area contributed by atoms with Crippen LogP contribution in [0.4, 0.5) is 24.7 Å². The maximum Gasteiger partial charge on any atom is 0.280 e.